The average molecular weight is 169 g/mol. The van der Waals surface area contributed by atoms with Gasteiger partial charge in [0, 0.05) is 5.56 Å². The van der Waals surface area contributed by atoms with Gasteiger partial charge in [0.05, 0.1) is 18.3 Å². The van der Waals surface area contributed by atoms with E-state index in [1.54, 1.807) is 24.7 Å². The van der Waals surface area contributed by atoms with Crippen LogP contribution >= 0.6 is 0 Å². The van der Waals surface area contributed by atoms with Crippen LogP contribution in [0.5, 0.6) is 0 Å². The van der Waals surface area contributed by atoms with Crippen molar-refractivity contribution >= 4 is 5.82 Å². The summed E-state index contributed by atoms with van der Waals surface area (Å²) in [5, 5.41) is 13.5. The number of nitrogens with two attached hydrogens (primary N) is 1. The van der Waals surface area contributed by atoms with Gasteiger partial charge in [-0.15, -0.1) is 0 Å². The molecule has 0 bridgehead atoms. The molecule has 0 saturated carbocycles. The van der Waals surface area contributed by atoms with Gasteiger partial charge in [-0.2, -0.15) is 5.10 Å². The van der Waals surface area contributed by atoms with E-state index in [2.05, 4.69) is 5.10 Å². The van der Waals surface area contributed by atoms with Gasteiger partial charge in [-0.25, -0.2) is 4.68 Å². The van der Waals surface area contributed by atoms with Gasteiger partial charge in [0.1, 0.15) is 5.82 Å². The second-order valence-corrected chi connectivity index (χ2v) is 3.68. The molecule has 1 heterocycles. The quantitative estimate of drug-likeness (QED) is 0.679. The van der Waals surface area contributed by atoms with E-state index in [-0.39, 0.29) is 0 Å². The molecule has 3 N–H and O–H groups in total. The van der Waals surface area contributed by atoms with Crippen LogP contribution in [0.1, 0.15) is 19.4 Å². The van der Waals surface area contributed by atoms with Gasteiger partial charge in [-0.3, -0.25) is 0 Å². The Morgan fingerprint density at radius 3 is 2.58 bits per heavy atom. The van der Waals surface area contributed by atoms with Crippen LogP contribution in [-0.4, -0.2) is 20.5 Å². The molecule has 1 aromatic heterocycles. The van der Waals surface area contributed by atoms with Crippen molar-refractivity contribution in [2.75, 3.05) is 5.73 Å². The van der Waals surface area contributed by atoms with Crippen LogP contribution in [0.3, 0.4) is 0 Å². The third-order valence-electron chi connectivity index (χ3n) is 1.61. The Morgan fingerprint density at radius 2 is 2.25 bits per heavy atom. The van der Waals surface area contributed by atoms with E-state index in [9.17, 15) is 5.11 Å². The molecule has 0 spiro atoms. The molecule has 0 amide bonds. The number of hydrogen-bond acceptors (Lipinski definition) is 3. The molecule has 0 aliphatic heterocycles. The van der Waals surface area contributed by atoms with Crippen LogP contribution in [0, 0.1) is 6.92 Å². The number of nitrogen functional groups attached to an aromatic ring is 1. The van der Waals surface area contributed by atoms with Gasteiger partial charge in [-0.1, -0.05) is 0 Å². The first-order chi connectivity index (χ1) is 5.40. The maximum absolute atomic E-state index is 9.49. The monoisotopic (exact) mass is 169 g/mol. The summed E-state index contributed by atoms with van der Waals surface area (Å²) in [6.45, 7) is 5.77. The van der Waals surface area contributed by atoms with E-state index in [0.29, 0.717) is 12.4 Å². The largest absolute Gasteiger partial charge is 0.389 e. The number of anilines is 1. The van der Waals surface area contributed by atoms with E-state index >= 15 is 0 Å². The predicted molar refractivity (Wildman–Crippen MR) is 47.7 cm³/mol. The van der Waals surface area contributed by atoms with Crippen molar-refractivity contribution in [3.8, 4) is 0 Å². The summed E-state index contributed by atoms with van der Waals surface area (Å²) in [6.07, 6.45) is 1.70. The Kier molecular flexibility index (Phi) is 2.10. The fraction of sp³-hybridized carbons (Fsp3) is 0.625. The lowest BCUT2D eigenvalue weighted by Gasteiger charge is -2.17. The van der Waals surface area contributed by atoms with Crippen LogP contribution in [0.15, 0.2) is 6.20 Å². The molecule has 4 nitrogen and oxygen atoms in total. The molecule has 0 aliphatic carbocycles. The summed E-state index contributed by atoms with van der Waals surface area (Å²) in [7, 11) is 0. The topological polar surface area (TPSA) is 64.1 Å². The van der Waals surface area contributed by atoms with Gasteiger partial charge >= 0.3 is 0 Å². The van der Waals surface area contributed by atoms with Gasteiger partial charge in [0.25, 0.3) is 0 Å². The number of aromatic nitrogens is 2. The van der Waals surface area contributed by atoms with E-state index in [0.717, 1.165) is 5.56 Å². The molecule has 4 heteroatoms. The second-order valence-electron chi connectivity index (χ2n) is 3.68. The Hall–Kier alpha value is -1.03. The SMILES string of the molecule is Cc1cnn(CC(C)(C)O)c1N. The molecule has 68 valence electrons. The highest BCUT2D eigenvalue weighted by Gasteiger charge is 2.15. The fourth-order valence-corrected chi connectivity index (χ4v) is 0.981. The standard InChI is InChI=1S/C8H15N3O/c1-6-4-10-11(7(6)9)5-8(2,3)12/h4,12H,5,9H2,1-3H3. The summed E-state index contributed by atoms with van der Waals surface area (Å²) < 4.78 is 1.61. The average Bonchev–Trinajstić information content (AvgIpc) is 2.16. The zero-order valence-electron chi connectivity index (χ0n) is 7.70. The smallest absolute Gasteiger partial charge is 0.124 e. The van der Waals surface area contributed by atoms with Crippen LogP contribution in [-0.2, 0) is 6.54 Å². The third-order valence-corrected chi connectivity index (χ3v) is 1.61. The van der Waals surface area contributed by atoms with Gasteiger partial charge in [0.15, 0.2) is 0 Å². The molecule has 0 aliphatic rings. The zero-order valence-corrected chi connectivity index (χ0v) is 7.70. The highest BCUT2D eigenvalue weighted by molar-refractivity contribution is 5.37. The lowest BCUT2D eigenvalue weighted by Crippen LogP contribution is -2.27. The van der Waals surface area contributed by atoms with Crippen molar-refractivity contribution in [3.63, 3.8) is 0 Å². The number of rotatable bonds is 2. The molecule has 0 saturated heterocycles. The maximum atomic E-state index is 9.49. The van der Waals surface area contributed by atoms with Crippen LogP contribution in [0.2, 0.25) is 0 Å². The van der Waals surface area contributed by atoms with Gasteiger partial charge in [-0.05, 0) is 20.8 Å². The molecule has 0 aromatic carbocycles. The summed E-state index contributed by atoms with van der Waals surface area (Å²) in [6, 6.07) is 0. The molecule has 0 radical (unpaired) electrons. The molecular weight excluding hydrogens is 154 g/mol. The Bertz CT molecular complexity index is 272. The minimum absolute atomic E-state index is 0.423. The highest BCUT2D eigenvalue weighted by atomic mass is 16.3. The normalized spacial score (nSPS) is 12.0. The van der Waals surface area contributed by atoms with Crippen LogP contribution in [0.4, 0.5) is 5.82 Å². The molecule has 1 rings (SSSR count). The molecule has 0 fully saturated rings. The van der Waals surface area contributed by atoms with Gasteiger partial charge < -0.3 is 10.8 Å². The van der Waals surface area contributed by atoms with Gasteiger partial charge in [0.2, 0.25) is 0 Å². The zero-order chi connectivity index (χ0) is 9.35. The summed E-state index contributed by atoms with van der Waals surface area (Å²) in [5.41, 5.74) is 5.87. The molecular formula is C8H15N3O. The summed E-state index contributed by atoms with van der Waals surface area (Å²) in [4.78, 5) is 0. The van der Waals surface area contributed by atoms with Crippen LogP contribution < -0.4 is 5.73 Å². The first kappa shape index (κ1) is 9.06. The first-order valence-electron chi connectivity index (χ1n) is 3.90. The van der Waals surface area contributed by atoms with Crippen molar-refractivity contribution in [3.05, 3.63) is 11.8 Å². The number of nitrogens with zero attached hydrogens (tertiary/aromatic N) is 2. The third kappa shape index (κ3) is 1.98. The minimum Gasteiger partial charge on any atom is -0.389 e. The maximum Gasteiger partial charge on any atom is 0.124 e. The van der Waals surface area contributed by atoms with Crippen molar-refractivity contribution < 1.29 is 5.11 Å². The second kappa shape index (κ2) is 2.79. The lowest BCUT2D eigenvalue weighted by atomic mass is 10.1. The molecule has 0 atom stereocenters. The minimum atomic E-state index is -0.771. The van der Waals surface area contributed by atoms with E-state index in [1.807, 2.05) is 6.92 Å². The fourth-order valence-electron chi connectivity index (χ4n) is 0.981. The molecule has 0 unspecified atom stereocenters. The Labute approximate surface area is 72.0 Å². The molecule has 1 aromatic rings. The summed E-state index contributed by atoms with van der Waals surface area (Å²) in [5.74, 6) is 0.622. The Balaban J connectivity index is 2.83. The predicted octanol–water partition coefficient (Wildman–Crippen LogP) is 0.545. The van der Waals surface area contributed by atoms with Crippen LogP contribution in [0.25, 0.3) is 0 Å². The molecule has 12 heavy (non-hydrogen) atoms. The van der Waals surface area contributed by atoms with E-state index in [1.165, 1.54) is 0 Å². The van der Waals surface area contributed by atoms with Crippen molar-refractivity contribution in [2.24, 2.45) is 0 Å². The Morgan fingerprint density at radius 1 is 1.67 bits per heavy atom. The first-order valence-corrected chi connectivity index (χ1v) is 3.90. The number of aliphatic hydroxyl groups is 1. The van der Waals surface area contributed by atoms with E-state index < -0.39 is 5.60 Å². The van der Waals surface area contributed by atoms with E-state index in [4.69, 9.17) is 5.73 Å². The lowest BCUT2D eigenvalue weighted by molar-refractivity contribution is 0.0584. The summed E-state index contributed by atoms with van der Waals surface area (Å²) >= 11 is 0. The highest BCUT2D eigenvalue weighted by Crippen LogP contribution is 2.12. The number of hydrogen-bond donors (Lipinski definition) is 2. The number of aryl methyl sites for hydroxylation is 1. The van der Waals surface area contributed by atoms with Crippen molar-refractivity contribution in [1.29, 1.82) is 0 Å². The van der Waals surface area contributed by atoms with Crippen molar-refractivity contribution in [2.45, 2.75) is 32.9 Å². The van der Waals surface area contributed by atoms with Crippen molar-refractivity contribution in [1.82, 2.24) is 9.78 Å².